The topological polar surface area (TPSA) is 66.5 Å². The van der Waals surface area contributed by atoms with Gasteiger partial charge in [0.2, 0.25) is 11.8 Å². The highest BCUT2D eigenvalue weighted by molar-refractivity contribution is 6.16. The zero-order chi connectivity index (χ0) is 12.5. The third-order valence-electron chi connectivity index (χ3n) is 2.65. The van der Waals surface area contributed by atoms with E-state index in [2.05, 4.69) is 11.9 Å². The molecule has 88 valence electrons. The summed E-state index contributed by atoms with van der Waals surface area (Å²) >= 11 is 0. The lowest BCUT2D eigenvalue weighted by Crippen LogP contribution is -2.61. The molecule has 16 heavy (non-hydrogen) atoms. The van der Waals surface area contributed by atoms with Gasteiger partial charge in [0.05, 0.1) is 6.04 Å². The summed E-state index contributed by atoms with van der Waals surface area (Å²) in [5, 5.41) is 2.19. The summed E-state index contributed by atoms with van der Waals surface area (Å²) in [6, 6.07) is -1.08. The lowest BCUT2D eigenvalue weighted by atomic mass is 9.91. The second kappa shape index (κ2) is 4.47. The van der Waals surface area contributed by atoms with Crippen molar-refractivity contribution in [3.05, 3.63) is 12.7 Å². The molecule has 1 aliphatic heterocycles. The number of carbonyl (C=O) groups excluding carboxylic acids is 3. The first-order valence-corrected chi connectivity index (χ1v) is 5.20. The quantitative estimate of drug-likeness (QED) is 0.572. The number of nitrogens with zero attached hydrogens (tertiary/aromatic N) is 1. The number of amides is 4. The van der Waals surface area contributed by atoms with Crippen LogP contribution in [0.4, 0.5) is 4.79 Å². The summed E-state index contributed by atoms with van der Waals surface area (Å²) in [6.45, 7) is 8.76. The number of carbonyl (C=O) groups is 3. The van der Waals surface area contributed by atoms with Gasteiger partial charge < -0.3 is 0 Å². The standard InChI is InChI=1S/C11H16N2O3/c1-5-7(4)13-10(15)8(6(2)3)9(14)12-11(13)16/h5-8H,1H2,2-4H3,(H,12,14,16). The van der Waals surface area contributed by atoms with Crippen molar-refractivity contribution in [1.29, 1.82) is 0 Å². The van der Waals surface area contributed by atoms with Gasteiger partial charge in [-0.1, -0.05) is 19.9 Å². The molecule has 1 heterocycles. The molecule has 1 N–H and O–H groups in total. The molecule has 0 radical (unpaired) electrons. The van der Waals surface area contributed by atoms with Crippen LogP contribution in [0.25, 0.3) is 0 Å². The van der Waals surface area contributed by atoms with Crippen LogP contribution in [0, 0.1) is 11.8 Å². The molecular formula is C11H16N2O3. The normalized spacial score (nSPS) is 23.4. The minimum Gasteiger partial charge on any atom is -0.277 e. The average Bonchev–Trinajstić information content (AvgIpc) is 2.15. The van der Waals surface area contributed by atoms with Crippen LogP contribution in [0.1, 0.15) is 20.8 Å². The van der Waals surface area contributed by atoms with Gasteiger partial charge in [-0.2, -0.15) is 0 Å². The highest BCUT2D eigenvalue weighted by Gasteiger charge is 2.43. The van der Waals surface area contributed by atoms with Crippen molar-refractivity contribution < 1.29 is 14.4 Å². The monoisotopic (exact) mass is 224 g/mol. The fourth-order valence-electron chi connectivity index (χ4n) is 1.68. The summed E-state index contributed by atoms with van der Waals surface area (Å²) in [5.74, 6) is -1.89. The van der Waals surface area contributed by atoms with E-state index in [-0.39, 0.29) is 5.92 Å². The highest BCUT2D eigenvalue weighted by Crippen LogP contribution is 2.20. The minimum atomic E-state index is -0.792. The second-order valence-corrected chi connectivity index (χ2v) is 4.20. The lowest BCUT2D eigenvalue weighted by Gasteiger charge is -2.34. The molecule has 2 atom stereocenters. The van der Waals surface area contributed by atoms with Crippen molar-refractivity contribution in [3.63, 3.8) is 0 Å². The second-order valence-electron chi connectivity index (χ2n) is 4.20. The predicted octanol–water partition coefficient (Wildman–Crippen LogP) is 0.911. The van der Waals surface area contributed by atoms with Crippen LogP contribution < -0.4 is 5.32 Å². The number of hydrogen-bond acceptors (Lipinski definition) is 3. The molecule has 0 aliphatic carbocycles. The molecule has 0 aromatic heterocycles. The summed E-state index contributed by atoms with van der Waals surface area (Å²) in [7, 11) is 0. The van der Waals surface area contributed by atoms with Crippen molar-refractivity contribution >= 4 is 17.8 Å². The van der Waals surface area contributed by atoms with Gasteiger partial charge in [0.25, 0.3) is 0 Å². The molecule has 1 saturated heterocycles. The van der Waals surface area contributed by atoms with Crippen molar-refractivity contribution in [3.8, 4) is 0 Å². The van der Waals surface area contributed by atoms with E-state index in [1.807, 2.05) is 0 Å². The molecule has 1 fully saturated rings. The Morgan fingerprint density at radius 3 is 2.31 bits per heavy atom. The Morgan fingerprint density at radius 1 is 1.31 bits per heavy atom. The van der Waals surface area contributed by atoms with Gasteiger partial charge in [-0.3, -0.25) is 19.8 Å². The fraction of sp³-hybridized carbons (Fsp3) is 0.545. The summed E-state index contributed by atoms with van der Waals surface area (Å²) in [5.41, 5.74) is 0. The number of rotatable bonds is 3. The van der Waals surface area contributed by atoms with Crippen molar-refractivity contribution in [2.24, 2.45) is 11.8 Å². The first-order valence-electron chi connectivity index (χ1n) is 5.20. The van der Waals surface area contributed by atoms with Gasteiger partial charge in [0, 0.05) is 0 Å². The van der Waals surface area contributed by atoms with Gasteiger partial charge in [0.15, 0.2) is 0 Å². The van der Waals surface area contributed by atoms with Gasteiger partial charge >= 0.3 is 6.03 Å². The molecule has 1 aliphatic rings. The third-order valence-corrected chi connectivity index (χ3v) is 2.65. The summed E-state index contributed by atoms with van der Waals surface area (Å²) in [4.78, 5) is 36.0. The minimum absolute atomic E-state index is 0.139. The Hall–Kier alpha value is -1.65. The van der Waals surface area contributed by atoms with E-state index in [1.54, 1.807) is 20.8 Å². The smallest absolute Gasteiger partial charge is 0.277 e. The maximum Gasteiger partial charge on any atom is 0.331 e. The molecule has 0 spiro atoms. The molecule has 0 aromatic rings. The number of imide groups is 2. The van der Waals surface area contributed by atoms with Crippen molar-refractivity contribution in [2.75, 3.05) is 0 Å². The Labute approximate surface area is 94.5 Å². The SMILES string of the molecule is C=CC(C)N1C(=O)NC(=O)C(C(C)C)C1=O. The molecule has 5 heteroatoms. The van der Waals surface area contributed by atoms with Crippen LogP contribution in [-0.4, -0.2) is 28.8 Å². The Balaban J connectivity index is 3.03. The van der Waals surface area contributed by atoms with Gasteiger partial charge in [-0.25, -0.2) is 4.79 Å². The van der Waals surface area contributed by atoms with E-state index in [4.69, 9.17) is 0 Å². The van der Waals surface area contributed by atoms with Crippen LogP contribution in [0.15, 0.2) is 12.7 Å². The van der Waals surface area contributed by atoms with Crippen molar-refractivity contribution in [1.82, 2.24) is 10.2 Å². The van der Waals surface area contributed by atoms with Gasteiger partial charge in [-0.15, -0.1) is 6.58 Å². The molecule has 4 amide bonds. The first kappa shape index (κ1) is 12.4. The largest absolute Gasteiger partial charge is 0.331 e. The molecule has 1 rings (SSSR count). The van der Waals surface area contributed by atoms with Crippen LogP contribution in [0.3, 0.4) is 0 Å². The van der Waals surface area contributed by atoms with Crippen LogP contribution >= 0.6 is 0 Å². The van der Waals surface area contributed by atoms with E-state index in [0.717, 1.165) is 4.90 Å². The maximum atomic E-state index is 12.0. The summed E-state index contributed by atoms with van der Waals surface area (Å²) < 4.78 is 0. The van der Waals surface area contributed by atoms with Crippen LogP contribution in [-0.2, 0) is 9.59 Å². The number of hydrogen-bond donors (Lipinski definition) is 1. The Bertz CT molecular complexity index is 349. The molecule has 2 unspecified atom stereocenters. The number of nitrogens with one attached hydrogen (secondary N) is 1. The molecule has 5 nitrogen and oxygen atoms in total. The zero-order valence-electron chi connectivity index (χ0n) is 9.69. The Morgan fingerprint density at radius 2 is 1.88 bits per heavy atom. The first-order chi connectivity index (χ1) is 7.40. The molecule has 0 bridgehead atoms. The highest BCUT2D eigenvalue weighted by atomic mass is 16.2. The number of barbiturate groups is 1. The predicted molar refractivity (Wildman–Crippen MR) is 58.4 cm³/mol. The van der Waals surface area contributed by atoms with Gasteiger partial charge in [-0.05, 0) is 12.8 Å². The molecular weight excluding hydrogens is 208 g/mol. The van der Waals surface area contributed by atoms with Gasteiger partial charge in [0.1, 0.15) is 5.92 Å². The average molecular weight is 224 g/mol. The maximum absolute atomic E-state index is 12.0. The molecule has 0 aromatic carbocycles. The lowest BCUT2D eigenvalue weighted by molar-refractivity contribution is -0.145. The van der Waals surface area contributed by atoms with Crippen molar-refractivity contribution in [2.45, 2.75) is 26.8 Å². The van der Waals surface area contributed by atoms with E-state index in [1.165, 1.54) is 6.08 Å². The van der Waals surface area contributed by atoms with E-state index in [9.17, 15) is 14.4 Å². The van der Waals surface area contributed by atoms with E-state index >= 15 is 0 Å². The fourth-order valence-corrected chi connectivity index (χ4v) is 1.68. The zero-order valence-corrected chi connectivity index (χ0v) is 9.69. The Kier molecular flexibility index (Phi) is 3.47. The van der Waals surface area contributed by atoms with Crippen LogP contribution in [0.2, 0.25) is 0 Å². The number of urea groups is 1. The summed E-state index contributed by atoms with van der Waals surface area (Å²) in [6.07, 6.45) is 1.49. The van der Waals surface area contributed by atoms with E-state index in [0.29, 0.717) is 0 Å². The third kappa shape index (κ3) is 1.98. The molecule has 0 saturated carbocycles. The van der Waals surface area contributed by atoms with E-state index < -0.39 is 29.8 Å². The van der Waals surface area contributed by atoms with Crippen LogP contribution in [0.5, 0.6) is 0 Å².